The zero-order valence-electron chi connectivity index (χ0n) is 24.6. The van der Waals surface area contributed by atoms with Gasteiger partial charge < -0.3 is 25.4 Å². The average molecular weight is 608 g/mol. The molecule has 1 heterocycles. The molecule has 0 saturated carbocycles. The molecule has 234 valence electrons. The minimum atomic E-state index is -4.73. The number of amides is 4. The Bertz CT molecular complexity index is 1360. The lowest BCUT2D eigenvalue weighted by atomic mass is 10.1. The number of carbonyl (C=O) groups is 4. The van der Waals surface area contributed by atoms with E-state index < -0.39 is 47.4 Å². The van der Waals surface area contributed by atoms with Gasteiger partial charge in [0.25, 0.3) is 5.91 Å². The van der Waals surface area contributed by atoms with E-state index in [-0.39, 0.29) is 17.6 Å². The van der Waals surface area contributed by atoms with E-state index in [1.807, 2.05) is 12.1 Å². The topological polar surface area (TPSA) is 138 Å². The van der Waals surface area contributed by atoms with E-state index in [2.05, 4.69) is 26.2 Å². The summed E-state index contributed by atoms with van der Waals surface area (Å²) in [5.74, 6) is -1.19. The van der Waals surface area contributed by atoms with Crippen LogP contribution in [0.4, 0.5) is 29.3 Å². The molecule has 0 aliphatic carbocycles. The molecule has 0 spiro atoms. The maximum absolute atomic E-state index is 13.3. The average Bonchev–Trinajstić information content (AvgIpc) is 3.32. The Kier molecular flexibility index (Phi) is 10.6. The van der Waals surface area contributed by atoms with E-state index in [9.17, 15) is 32.3 Å². The number of nitrogens with one attached hydrogen (secondary N) is 4. The Morgan fingerprint density at radius 1 is 1.00 bits per heavy atom. The highest BCUT2D eigenvalue weighted by Crippen LogP contribution is 2.32. The molecule has 1 fully saturated rings. The van der Waals surface area contributed by atoms with Crippen LogP contribution in [-0.4, -0.2) is 67.1 Å². The lowest BCUT2D eigenvalue weighted by Crippen LogP contribution is -2.43. The molecule has 2 aromatic rings. The Hall–Kier alpha value is -4.33. The number of nitrogens with zero attached hydrogens (tertiary/aromatic N) is 1. The highest BCUT2D eigenvalue weighted by molar-refractivity contribution is 6.04. The largest absolute Gasteiger partial charge is 0.495 e. The Morgan fingerprint density at radius 3 is 2.35 bits per heavy atom. The number of carbonyl (C=O) groups excluding carboxylic acids is 4. The summed E-state index contributed by atoms with van der Waals surface area (Å²) in [4.78, 5) is 51.3. The van der Waals surface area contributed by atoms with Crippen LogP contribution in [0, 0.1) is 0 Å². The molecule has 1 aliphatic rings. The Labute approximate surface area is 247 Å². The summed E-state index contributed by atoms with van der Waals surface area (Å²) in [5, 5.41) is 10.2. The summed E-state index contributed by atoms with van der Waals surface area (Å²) in [6.07, 6.45) is -5.04. The van der Waals surface area contributed by atoms with Gasteiger partial charge in [0.2, 0.25) is 11.8 Å². The lowest BCUT2D eigenvalue weighted by molar-refractivity contribution is -0.137. The second kappa shape index (κ2) is 13.8. The zero-order valence-corrected chi connectivity index (χ0v) is 24.6. The van der Waals surface area contributed by atoms with Gasteiger partial charge in [-0.3, -0.25) is 24.6 Å². The first-order valence-corrected chi connectivity index (χ1v) is 13.5. The SMILES string of the molecule is COc1ccc(CN2CCC(NC(=O)CNC(=O)c3cc(C(F)(F)F)ccc3NC(=O)OC(C)(C)C)C2)cc1NC(C)=O. The van der Waals surface area contributed by atoms with Gasteiger partial charge in [0.05, 0.1) is 36.2 Å². The van der Waals surface area contributed by atoms with Crippen molar-refractivity contribution in [2.24, 2.45) is 0 Å². The predicted octanol–water partition coefficient (Wildman–Crippen LogP) is 4.14. The van der Waals surface area contributed by atoms with Gasteiger partial charge in [-0.1, -0.05) is 6.07 Å². The van der Waals surface area contributed by atoms with Crippen molar-refractivity contribution in [2.75, 3.05) is 37.4 Å². The Morgan fingerprint density at radius 2 is 1.72 bits per heavy atom. The maximum Gasteiger partial charge on any atom is 0.416 e. The quantitative estimate of drug-likeness (QED) is 0.336. The number of hydrogen-bond acceptors (Lipinski definition) is 7. The third kappa shape index (κ3) is 10.2. The van der Waals surface area contributed by atoms with E-state index in [1.54, 1.807) is 26.8 Å². The van der Waals surface area contributed by atoms with Crippen molar-refractivity contribution in [1.82, 2.24) is 15.5 Å². The number of likely N-dealkylation sites (tertiary alicyclic amines) is 1. The highest BCUT2D eigenvalue weighted by Gasteiger charge is 2.32. The van der Waals surface area contributed by atoms with Gasteiger partial charge in [0.15, 0.2) is 0 Å². The van der Waals surface area contributed by atoms with E-state index in [0.29, 0.717) is 43.6 Å². The van der Waals surface area contributed by atoms with Crippen LogP contribution in [0.5, 0.6) is 5.75 Å². The molecule has 2 aromatic carbocycles. The fourth-order valence-corrected chi connectivity index (χ4v) is 4.46. The molecule has 1 unspecified atom stereocenters. The van der Waals surface area contributed by atoms with Gasteiger partial charge in [-0.05, 0) is 63.1 Å². The maximum atomic E-state index is 13.3. The number of hydrogen-bond donors (Lipinski definition) is 4. The number of ether oxygens (including phenoxy) is 2. The van der Waals surface area contributed by atoms with Gasteiger partial charge >= 0.3 is 12.3 Å². The molecular weight excluding hydrogens is 571 g/mol. The van der Waals surface area contributed by atoms with E-state index in [0.717, 1.165) is 17.7 Å². The zero-order chi connectivity index (χ0) is 31.9. The van der Waals surface area contributed by atoms with Crippen molar-refractivity contribution in [2.45, 2.75) is 58.5 Å². The van der Waals surface area contributed by atoms with Gasteiger partial charge in [-0.15, -0.1) is 0 Å². The first-order chi connectivity index (χ1) is 20.0. The molecule has 4 amide bonds. The molecule has 4 N–H and O–H groups in total. The van der Waals surface area contributed by atoms with Crippen molar-refractivity contribution in [3.8, 4) is 5.75 Å². The number of halogens is 3. The number of rotatable bonds is 9. The van der Waals surface area contributed by atoms with Gasteiger partial charge in [0.1, 0.15) is 11.4 Å². The van der Waals surface area contributed by atoms with Crippen LogP contribution < -0.4 is 26.0 Å². The molecule has 14 heteroatoms. The molecular formula is C29H36F3N5O6. The normalized spacial score (nSPS) is 15.4. The summed E-state index contributed by atoms with van der Waals surface area (Å²) < 4.78 is 50.4. The second-order valence-corrected chi connectivity index (χ2v) is 11.1. The van der Waals surface area contributed by atoms with Crippen LogP contribution in [0.15, 0.2) is 36.4 Å². The predicted molar refractivity (Wildman–Crippen MR) is 153 cm³/mol. The van der Waals surface area contributed by atoms with E-state index >= 15 is 0 Å². The minimum absolute atomic E-state index is 0.202. The molecule has 1 aliphatic heterocycles. The number of anilines is 2. The third-order valence-corrected chi connectivity index (χ3v) is 6.25. The molecule has 0 aromatic heterocycles. The molecule has 11 nitrogen and oxygen atoms in total. The van der Waals surface area contributed by atoms with Crippen LogP contribution in [0.2, 0.25) is 0 Å². The van der Waals surface area contributed by atoms with Crippen molar-refractivity contribution in [3.63, 3.8) is 0 Å². The van der Waals surface area contributed by atoms with Crippen LogP contribution in [0.25, 0.3) is 0 Å². The van der Waals surface area contributed by atoms with Crippen LogP contribution in [0.1, 0.15) is 55.6 Å². The van der Waals surface area contributed by atoms with Gasteiger partial charge in [-0.2, -0.15) is 13.2 Å². The van der Waals surface area contributed by atoms with E-state index in [1.165, 1.54) is 14.0 Å². The third-order valence-electron chi connectivity index (χ3n) is 6.25. The lowest BCUT2D eigenvalue weighted by Gasteiger charge is -2.21. The molecule has 43 heavy (non-hydrogen) atoms. The molecule has 0 radical (unpaired) electrons. The molecule has 0 bridgehead atoms. The van der Waals surface area contributed by atoms with Gasteiger partial charge in [-0.25, -0.2) is 4.79 Å². The van der Waals surface area contributed by atoms with Crippen molar-refractivity contribution in [1.29, 1.82) is 0 Å². The van der Waals surface area contributed by atoms with Gasteiger partial charge in [0, 0.05) is 32.6 Å². The summed E-state index contributed by atoms with van der Waals surface area (Å²) >= 11 is 0. The molecule has 3 rings (SSSR count). The first kappa shape index (κ1) is 33.2. The second-order valence-electron chi connectivity index (χ2n) is 11.1. The fourth-order valence-electron chi connectivity index (χ4n) is 4.46. The van der Waals surface area contributed by atoms with Crippen LogP contribution in [-0.2, 0) is 27.0 Å². The van der Waals surface area contributed by atoms with Crippen LogP contribution in [0.3, 0.4) is 0 Å². The van der Waals surface area contributed by atoms with Crippen LogP contribution >= 0.6 is 0 Å². The van der Waals surface area contributed by atoms with Crippen molar-refractivity contribution < 1.29 is 41.8 Å². The summed E-state index contributed by atoms with van der Waals surface area (Å²) in [5.41, 5.74) is -1.16. The fraction of sp³-hybridized carbons (Fsp3) is 0.448. The number of benzene rings is 2. The summed E-state index contributed by atoms with van der Waals surface area (Å²) in [7, 11) is 1.51. The molecule has 1 atom stereocenters. The highest BCUT2D eigenvalue weighted by atomic mass is 19.4. The summed E-state index contributed by atoms with van der Waals surface area (Å²) in [6.45, 7) is 7.51. The first-order valence-electron chi connectivity index (χ1n) is 13.5. The monoisotopic (exact) mass is 607 g/mol. The van der Waals surface area contributed by atoms with Crippen molar-refractivity contribution >= 4 is 35.2 Å². The summed E-state index contributed by atoms with van der Waals surface area (Å²) in [6, 6.07) is 7.54. The smallest absolute Gasteiger partial charge is 0.416 e. The van der Waals surface area contributed by atoms with Crippen molar-refractivity contribution in [3.05, 3.63) is 53.1 Å². The number of alkyl halides is 3. The van der Waals surface area contributed by atoms with E-state index in [4.69, 9.17) is 9.47 Å². The standard InChI is InChI=1S/C29H36F3N5O6/c1-17(38)34-23-12-18(6-9-24(23)42-5)15-37-11-10-20(16-37)35-25(39)14-33-26(40)21-13-19(29(30,31)32)7-8-22(21)36-27(41)43-28(2,3)4/h6-9,12-13,20H,10-11,14-16H2,1-5H3,(H,33,40)(H,34,38)(H,35,39)(H,36,41). The molecule has 1 saturated heterocycles. The Balaban J connectivity index is 1.58. The minimum Gasteiger partial charge on any atom is -0.495 e. The number of methoxy groups -OCH3 is 1.